The van der Waals surface area contributed by atoms with Gasteiger partial charge in [0.1, 0.15) is 6.54 Å². The zero-order chi connectivity index (χ0) is 13.0. The van der Waals surface area contributed by atoms with Crippen molar-refractivity contribution in [2.24, 2.45) is 0 Å². The van der Waals surface area contributed by atoms with Crippen molar-refractivity contribution >= 4 is 5.78 Å². The van der Waals surface area contributed by atoms with Gasteiger partial charge >= 0.3 is 0 Å². The van der Waals surface area contributed by atoms with Crippen LogP contribution in [0.25, 0.3) is 0 Å². The van der Waals surface area contributed by atoms with E-state index in [1.54, 1.807) is 0 Å². The molecule has 1 aliphatic rings. The van der Waals surface area contributed by atoms with E-state index in [1.807, 2.05) is 30.3 Å². The normalized spacial score (nSPS) is 27.3. The lowest BCUT2D eigenvalue weighted by molar-refractivity contribution is -0.913. The van der Waals surface area contributed by atoms with Crippen LogP contribution in [0.2, 0.25) is 0 Å². The Bertz CT molecular complexity index is 401. The molecule has 0 aliphatic carbocycles. The number of quaternary nitrogens is 1. The number of Topliss-reactive ketones (excluding diaryl/α,β-unsaturated/α-hetero) is 1. The number of carbonyl (C=O) groups excluding carboxylic acids is 1. The summed E-state index contributed by atoms with van der Waals surface area (Å²) in [5, 5.41) is 0. The first-order valence-electron chi connectivity index (χ1n) is 7.04. The average Bonchev–Trinajstić information content (AvgIpc) is 2.70. The molecule has 1 aliphatic heterocycles. The molecule has 0 radical (unpaired) electrons. The van der Waals surface area contributed by atoms with Gasteiger partial charge in [0.2, 0.25) is 0 Å². The van der Waals surface area contributed by atoms with E-state index in [0.29, 0.717) is 24.8 Å². The van der Waals surface area contributed by atoms with Crippen LogP contribution in [0.4, 0.5) is 0 Å². The minimum Gasteiger partial charge on any atom is -0.317 e. The second kappa shape index (κ2) is 5.66. The number of rotatable bonds is 5. The van der Waals surface area contributed by atoms with E-state index in [4.69, 9.17) is 0 Å². The summed E-state index contributed by atoms with van der Waals surface area (Å²) in [4.78, 5) is 12.2. The second-order valence-electron chi connectivity index (χ2n) is 5.77. The topological polar surface area (TPSA) is 17.1 Å². The van der Waals surface area contributed by atoms with Crippen molar-refractivity contribution in [2.75, 3.05) is 20.1 Å². The van der Waals surface area contributed by atoms with Crippen LogP contribution in [0.1, 0.15) is 31.7 Å². The summed E-state index contributed by atoms with van der Waals surface area (Å²) in [5.41, 5.74) is 1.14. The molecular weight excluding hydrogens is 222 g/mol. The Hall–Kier alpha value is -1.15. The van der Waals surface area contributed by atoms with Gasteiger partial charge < -0.3 is 4.48 Å². The first kappa shape index (κ1) is 13.3. The molecule has 1 saturated heterocycles. The van der Waals surface area contributed by atoms with Gasteiger partial charge in [-0.25, -0.2) is 0 Å². The van der Waals surface area contributed by atoms with E-state index in [1.165, 1.54) is 25.8 Å². The van der Waals surface area contributed by atoms with Crippen LogP contribution in [-0.4, -0.2) is 36.4 Å². The Kier molecular flexibility index (Phi) is 4.18. The summed E-state index contributed by atoms with van der Waals surface area (Å²) in [6.07, 6.45) is 4.33. The number of likely N-dealkylation sites (N-methyl/N-ethyl adjacent to an activating group) is 1. The molecule has 0 saturated carbocycles. The van der Waals surface area contributed by atoms with Gasteiger partial charge in [0.15, 0.2) is 5.78 Å². The quantitative estimate of drug-likeness (QED) is 0.730. The predicted octanol–water partition coefficient (Wildman–Crippen LogP) is 2.82. The molecule has 0 spiro atoms. The highest BCUT2D eigenvalue weighted by molar-refractivity contribution is 5.82. The van der Waals surface area contributed by atoms with Crippen molar-refractivity contribution in [3.8, 4) is 0 Å². The van der Waals surface area contributed by atoms with Gasteiger partial charge in [-0.05, 0) is 12.0 Å². The van der Waals surface area contributed by atoms with Crippen molar-refractivity contribution in [1.29, 1.82) is 0 Å². The van der Waals surface area contributed by atoms with Crippen molar-refractivity contribution < 1.29 is 9.28 Å². The Morgan fingerprint density at radius 2 is 2.06 bits per heavy atom. The molecule has 2 nitrogen and oxygen atoms in total. The molecule has 0 amide bonds. The summed E-state index contributed by atoms with van der Waals surface area (Å²) in [6.45, 7) is 4.11. The zero-order valence-corrected chi connectivity index (χ0v) is 11.6. The summed E-state index contributed by atoms with van der Waals surface area (Å²) >= 11 is 0. The first-order chi connectivity index (χ1) is 8.64. The Labute approximate surface area is 110 Å². The number of hydrogen-bond donors (Lipinski definition) is 0. The summed E-state index contributed by atoms with van der Waals surface area (Å²) in [6, 6.07) is 10.8. The zero-order valence-electron chi connectivity index (χ0n) is 11.6. The number of hydrogen-bond acceptors (Lipinski definition) is 1. The first-order valence-corrected chi connectivity index (χ1v) is 7.04. The molecular formula is C16H24NO+. The summed E-state index contributed by atoms with van der Waals surface area (Å²) in [7, 11) is 2.25. The van der Waals surface area contributed by atoms with E-state index < -0.39 is 0 Å². The fourth-order valence-electron chi connectivity index (χ4n) is 3.32. The fourth-order valence-corrected chi connectivity index (χ4v) is 3.32. The maximum atomic E-state index is 12.2. The van der Waals surface area contributed by atoms with Crippen LogP contribution in [0.5, 0.6) is 0 Å². The Morgan fingerprint density at radius 1 is 1.33 bits per heavy atom. The molecule has 98 valence electrons. The summed E-state index contributed by atoms with van der Waals surface area (Å²) < 4.78 is 0.960. The van der Waals surface area contributed by atoms with Crippen LogP contribution in [0.3, 0.4) is 0 Å². The Balaban J connectivity index is 1.95. The molecule has 0 bridgehead atoms. The summed E-state index contributed by atoms with van der Waals surface area (Å²) in [5.74, 6) is 0.379. The molecule has 1 unspecified atom stereocenters. The lowest BCUT2D eigenvalue weighted by Crippen LogP contribution is -2.51. The van der Waals surface area contributed by atoms with E-state index in [0.717, 1.165) is 10.0 Å². The molecule has 1 aromatic carbocycles. The number of ketones is 1. The highest BCUT2D eigenvalue weighted by Crippen LogP contribution is 2.27. The monoisotopic (exact) mass is 246 g/mol. The third-order valence-electron chi connectivity index (χ3n) is 4.34. The maximum Gasteiger partial charge on any atom is 0.191 e. The van der Waals surface area contributed by atoms with Gasteiger partial charge in [-0.3, -0.25) is 4.79 Å². The highest BCUT2D eigenvalue weighted by Gasteiger charge is 2.37. The highest BCUT2D eigenvalue weighted by atomic mass is 16.1. The van der Waals surface area contributed by atoms with Gasteiger partial charge in [-0.1, -0.05) is 37.3 Å². The van der Waals surface area contributed by atoms with Gasteiger partial charge in [0.25, 0.3) is 0 Å². The molecule has 1 heterocycles. The van der Waals surface area contributed by atoms with E-state index in [2.05, 4.69) is 14.0 Å². The lowest BCUT2D eigenvalue weighted by atomic mass is 10.1. The molecule has 0 aromatic heterocycles. The molecule has 1 fully saturated rings. The molecule has 18 heavy (non-hydrogen) atoms. The number of benzene rings is 1. The molecule has 0 N–H and O–H groups in total. The SMILES string of the molecule is CC[C@H]1CCC[N+]1(C)CC(=O)Cc1ccccc1. The van der Waals surface area contributed by atoms with Gasteiger partial charge in [0.05, 0.1) is 19.6 Å². The van der Waals surface area contributed by atoms with Crippen molar-refractivity contribution in [3.05, 3.63) is 35.9 Å². The molecule has 1 aromatic rings. The smallest absolute Gasteiger partial charge is 0.191 e. The van der Waals surface area contributed by atoms with Crippen molar-refractivity contribution in [3.63, 3.8) is 0 Å². The number of carbonyl (C=O) groups is 1. The number of nitrogens with zero attached hydrogens (tertiary/aromatic N) is 1. The minimum atomic E-state index is 0.379. The van der Waals surface area contributed by atoms with Crippen LogP contribution in [0, 0.1) is 0 Å². The van der Waals surface area contributed by atoms with Crippen molar-refractivity contribution in [2.45, 2.75) is 38.6 Å². The van der Waals surface area contributed by atoms with Crippen LogP contribution < -0.4 is 0 Å². The lowest BCUT2D eigenvalue weighted by Gasteiger charge is -2.35. The van der Waals surface area contributed by atoms with Gasteiger partial charge in [-0.2, -0.15) is 0 Å². The number of likely N-dealkylation sites (tertiary alicyclic amines) is 1. The minimum absolute atomic E-state index is 0.379. The molecule has 2 rings (SSSR count). The second-order valence-corrected chi connectivity index (χ2v) is 5.77. The Morgan fingerprint density at radius 3 is 2.72 bits per heavy atom. The van der Waals surface area contributed by atoms with Gasteiger partial charge in [0, 0.05) is 19.3 Å². The van der Waals surface area contributed by atoms with E-state index in [9.17, 15) is 4.79 Å². The van der Waals surface area contributed by atoms with Crippen molar-refractivity contribution in [1.82, 2.24) is 0 Å². The maximum absolute atomic E-state index is 12.2. The standard InChI is InChI=1S/C16H24NO/c1-3-15-10-7-11-17(15,2)13-16(18)12-14-8-5-4-6-9-14/h4-6,8-9,15H,3,7,10-13H2,1-2H3/q+1/t15-,17?/m0/s1. The van der Waals surface area contributed by atoms with Crippen LogP contribution >= 0.6 is 0 Å². The van der Waals surface area contributed by atoms with E-state index in [-0.39, 0.29) is 0 Å². The third-order valence-corrected chi connectivity index (χ3v) is 4.34. The fraction of sp³-hybridized carbons (Fsp3) is 0.562. The van der Waals surface area contributed by atoms with Gasteiger partial charge in [-0.15, -0.1) is 0 Å². The van der Waals surface area contributed by atoms with Crippen LogP contribution in [0.15, 0.2) is 30.3 Å². The predicted molar refractivity (Wildman–Crippen MR) is 74.4 cm³/mol. The average molecular weight is 246 g/mol. The third kappa shape index (κ3) is 2.99. The molecule has 2 heteroatoms. The molecule has 2 atom stereocenters. The van der Waals surface area contributed by atoms with E-state index >= 15 is 0 Å². The van der Waals surface area contributed by atoms with Crippen LogP contribution in [-0.2, 0) is 11.2 Å². The largest absolute Gasteiger partial charge is 0.317 e.